The molecule has 38 heavy (non-hydrogen) atoms. The third-order valence-corrected chi connectivity index (χ3v) is 5.39. The molecule has 0 aromatic carbocycles. The van der Waals surface area contributed by atoms with Crippen molar-refractivity contribution in [1.29, 1.82) is 0 Å². The lowest BCUT2D eigenvalue weighted by atomic mass is 10.2. The normalized spacial score (nSPS) is 10.8. The van der Waals surface area contributed by atoms with Crippen LogP contribution in [0, 0.1) is 0 Å². The van der Waals surface area contributed by atoms with Crippen LogP contribution < -0.4 is 16.4 Å². The van der Waals surface area contributed by atoms with Gasteiger partial charge in [0.1, 0.15) is 0 Å². The number of hydroxylamine groups is 6. The molecule has 0 aliphatic rings. The first-order valence-electron chi connectivity index (χ1n) is 12.9. The smallest absolute Gasteiger partial charge is 0.246 e. The molecule has 0 fully saturated rings. The molecule has 0 aliphatic carbocycles. The Bertz CT molecular complexity index is 764. The molecule has 0 aromatic heterocycles. The monoisotopic (exact) mass is 544 g/mol. The van der Waals surface area contributed by atoms with E-state index in [2.05, 4.69) is 10.6 Å². The Morgan fingerprint density at radius 2 is 1.13 bits per heavy atom. The number of hydrogen-bond acceptors (Lipinski definition) is 9. The number of carbonyl (C=O) groups excluding carboxylic acids is 5. The molecule has 0 saturated heterocycles. The molecule has 0 aromatic rings. The molecule has 0 saturated carbocycles. The lowest BCUT2D eigenvalue weighted by Crippen LogP contribution is -2.31. The van der Waals surface area contributed by atoms with E-state index >= 15 is 0 Å². The number of nitrogens with one attached hydrogen (secondary N) is 2. The molecule has 7 N–H and O–H groups in total. The van der Waals surface area contributed by atoms with E-state index in [-0.39, 0.29) is 57.1 Å². The van der Waals surface area contributed by atoms with E-state index in [1.54, 1.807) is 12.2 Å². The lowest BCUT2D eigenvalue weighted by Gasteiger charge is -2.15. The fraction of sp³-hybridized carbons (Fsp3) is 0.708. The van der Waals surface area contributed by atoms with Crippen molar-refractivity contribution in [3.05, 3.63) is 12.2 Å². The Morgan fingerprint density at radius 1 is 0.658 bits per heavy atom. The van der Waals surface area contributed by atoms with Gasteiger partial charge in [-0.3, -0.25) is 39.6 Å². The van der Waals surface area contributed by atoms with Gasteiger partial charge in [0.05, 0.1) is 6.54 Å². The van der Waals surface area contributed by atoms with Crippen LogP contribution in [0.3, 0.4) is 0 Å². The Hall–Kier alpha value is -3.07. The fourth-order valence-electron chi connectivity index (χ4n) is 3.11. The van der Waals surface area contributed by atoms with Gasteiger partial charge in [-0.25, -0.2) is 15.2 Å². The standard InChI is InChI=1S/C24H44N6O8/c1-20(31)28(36)17-7-2-5-15-26-21(32)10-12-23(34)29(37)18-8-3-6-16-27-22(33)11-13-24(35)30(38)19-9-4-14-25/h4,9,36-38H,2-3,5-8,10-19,25H2,1H3,(H,26,32)(H,27,33). The van der Waals surface area contributed by atoms with Gasteiger partial charge >= 0.3 is 0 Å². The van der Waals surface area contributed by atoms with E-state index in [0.717, 1.165) is 0 Å². The number of amides is 5. The van der Waals surface area contributed by atoms with Gasteiger partial charge in [0.2, 0.25) is 29.5 Å². The molecule has 0 atom stereocenters. The maximum atomic E-state index is 12.0. The Balaban J connectivity index is 3.77. The van der Waals surface area contributed by atoms with Crippen molar-refractivity contribution < 1.29 is 39.6 Å². The van der Waals surface area contributed by atoms with Gasteiger partial charge in [0.15, 0.2) is 0 Å². The van der Waals surface area contributed by atoms with E-state index in [1.807, 2.05) is 0 Å². The SMILES string of the molecule is CC(=O)N(O)CCCCCNC(=O)CCC(=O)N(O)CCCCCNC(=O)CCC(=O)N(O)CC=CCN. The first kappa shape index (κ1) is 34.9. The van der Waals surface area contributed by atoms with Crippen LogP contribution in [0.5, 0.6) is 0 Å². The summed E-state index contributed by atoms with van der Waals surface area (Å²) in [6.45, 7) is 2.72. The zero-order valence-corrected chi connectivity index (χ0v) is 22.3. The molecule has 0 unspecified atom stereocenters. The van der Waals surface area contributed by atoms with Crippen LogP contribution in [0.4, 0.5) is 0 Å². The van der Waals surface area contributed by atoms with Gasteiger partial charge in [-0.15, -0.1) is 0 Å². The summed E-state index contributed by atoms with van der Waals surface area (Å²) in [4.78, 5) is 58.2. The minimum Gasteiger partial charge on any atom is -0.356 e. The number of nitrogens with zero attached hydrogens (tertiary/aromatic N) is 3. The van der Waals surface area contributed by atoms with Crippen molar-refractivity contribution in [2.24, 2.45) is 5.73 Å². The molecule has 0 bridgehead atoms. The summed E-state index contributed by atoms with van der Waals surface area (Å²) in [5, 5.41) is 35.7. The van der Waals surface area contributed by atoms with Gasteiger partial charge < -0.3 is 16.4 Å². The maximum Gasteiger partial charge on any atom is 0.246 e. The van der Waals surface area contributed by atoms with Crippen LogP contribution in [0.25, 0.3) is 0 Å². The van der Waals surface area contributed by atoms with Crippen molar-refractivity contribution in [1.82, 2.24) is 25.8 Å². The van der Waals surface area contributed by atoms with Crippen LogP contribution in [0.15, 0.2) is 12.2 Å². The van der Waals surface area contributed by atoms with Crippen molar-refractivity contribution in [3.8, 4) is 0 Å². The predicted molar refractivity (Wildman–Crippen MR) is 137 cm³/mol. The van der Waals surface area contributed by atoms with Crippen LogP contribution in [0.1, 0.15) is 71.1 Å². The third kappa shape index (κ3) is 19.1. The Kier molecular flexibility index (Phi) is 20.2. The second kappa shape index (κ2) is 22.0. The largest absolute Gasteiger partial charge is 0.356 e. The molecule has 14 heteroatoms. The summed E-state index contributed by atoms with van der Waals surface area (Å²) in [7, 11) is 0. The molecule has 0 aliphatic heterocycles. The van der Waals surface area contributed by atoms with E-state index in [4.69, 9.17) is 5.73 Å². The minimum atomic E-state index is -0.565. The maximum absolute atomic E-state index is 12.0. The number of hydrogen-bond donors (Lipinski definition) is 6. The molecule has 0 heterocycles. The topological polar surface area (TPSA) is 206 Å². The van der Waals surface area contributed by atoms with Crippen molar-refractivity contribution in [2.45, 2.75) is 71.1 Å². The van der Waals surface area contributed by atoms with E-state index < -0.39 is 17.7 Å². The van der Waals surface area contributed by atoms with Gasteiger partial charge in [0.25, 0.3) is 0 Å². The summed E-state index contributed by atoms with van der Waals surface area (Å²) >= 11 is 0. The summed E-state index contributed by atoms with van der Waals surface area (Å²) in [5.41, 5.74) is 5.27. The average molecular weight is 545 g/mol. The Labute approximate surface area is 223 Å². The third-order valence-electron chi connectivity index (χ3n) is 5.39. The van der Waals surface area contributed by atoms with Crippen molar-refractivity contribution in [3.63, 3.8) is 0 Å². The van der Waals surface area contributed by atoms with Crippen LogP contribution in [-0.4, -0.2) is 99.6 Å². The van der Waals surface area contributed by atoms with Crippen molar-refractivity contribution >= 4 is 29.5 Å². The zero-order valence-electron chi connectivity index (χ0n) is 22.3. The highest BCUT2D eigenvalue weighted by Gasteiger charge is 2.14. The average Bonchev–Trinajstić information content (AvgIpc) is 2.89. The first-order chi connectivity index (χ1) is 18.1. The summed E-state index contributed by atoms with van der Waals surface area (Å²) in [5.74, 6) is -2.15. The molecule has 0 radical (unpaired) electrons. The van der Waals surface area contributed by atoms with Gasteiger partial charge in [-0.2, -0.15) is 0 Å². The molecule has 5 amide bonds. The Morgan fingerprint density at radius 3 is 1.61 bits per heavy atom. The van der Waals surface area contributed by atoms with Crippen LogP contribution >= 0.6 is 0 Å². The number of nitrogens with two attached hydrogens (primary N) is 1. The number of carbonyl (C=O) groups is 5. The van der Waals surface area contributed by atoms with Gasteiger partial charge in [-0.1, -0.05) is 12.2 Å². The molecular formula is C24H44N6O8. The first-order valence-corrected chi connectivity index (χ1v) is 12.9. The molecule has 0 spiro atoms. The predicted octanol–water partition coefficient (Wildman–Crippen LogP) is 0.308. The summed E-state index contributed by atoms with van der Waals surface area (Å²) < 4.78 is 0. The van der Waals surface area contributed by atoms with E-state index in [0.29, 0.717) is 73.3 Å². The lowest BCUT2D eigenvalue weighted by molar-refractivity contribution is -0.166. The zero-order chi connectivity index (χ0) is 28.8. The van der Waals surface area contributed by atoms with Gasteiger partial charge in [-0.05, 0) is 38.5 Å². The van der Waals surface area contributed by atoms with Crippen LogP contribution in [0.2, 0.25) is 0 Å². The number of unbranched alkanes of at least 4 members (excludes halogenated alkanes) is 4. The molecule has 218 valence electrons. The summed E-state index contributed by atoms with van der Waals surface area (Å²) in [6.07, 6.45) is 6.58. The minimum absolute atomic E-state index is 0.00583. The second-order valence-corrected chi connectivity index (χ2v) is 8.66. The van der Waals surface area contributed by atoms with Crippen molar-refractivity contribution in [2.75, 3.05) is 39.3 Å². The highest BCUT2D eigenvalue weighted by atomic mass is 16.5. The highest BCUT2D eigenvalue weighted by molar-refractivity contribution is 5.83. The van der Waals surface area contributed by atoms with Gasteiger partial charge in [0, 0.05) is 65.3 Å². The molecular weight excluding hydrogens is 500 g/mol. The van der Waals surface area contributed by atoms with E-state index in [9.17, 15) is 39.6 Å². The molecule has 0 rings (SSSR count). The van der Waals surface area contributed by atoms with Crippen LogP contribution in [-0.2, 0) is 24.0 Å². The second-order valence-electron chi connectivity index (χ2n) is 8.66. The summed E-state index contributed by atoms with van der Waals surface area (Å²) in [6, 6.07) is 0. The highest BCUT2D eigenvalue weighted by Crippen LogP contribution is 2.02. The number of rotatable bonds is 21. The quantitative estimate of drug-likeness (QED) is 0.0508. The molecule has 14 nitrogen and oxygen atoms in total. The van der Waals surface area contributed by atoms with E-state index in [1.165, 1.54) is 6.92 Å². The fourth-order valence-corrected chi connectivity index (χ4v) is 3.11.